The average Bonchev–Trinajstić information content (AvgIpc) is 2.85. The molecule has 1 heterocycles. The highest BCUT2D eigenvalue weighted by Crippen LogP contribution is 2.30. The second-order valence-corrected chi connectivity index (χ2v) is 6.40. The zero-order valence-electron chi connectivity index (χ0n) is 11.2. The number of nitrogens with one attached hydrogen (secondary N) is 1. The Kier molecular flexibility index (Phi) is 4.91. The maximum atomic E-state index is 10.8. The molecule has 1 aromatic carbocycles. The van der Waals surface area contributed by atoms with Gasteiger partial charge in [-0.25, -0.2) is 0 Å². The maximum absolute atomic E-state index is 10.8. The third-order valence-corrected chi connectivity index (χ3v) is 5.17. The molecule has 0 fully saturated rings. The van der Waals surface area contributed by atoms with Crippen LogP contribution in [-0.2, 0) is 0 Å². The molecule has 2 atom stereocenters. The number of benzene rings is 1. The standard InChI is InChI=1S/C14H15BrN2O2S/c1-9(11-4-3-5-12(8-11)17(18)19)16-10(2)14-13(15)6-7-20-14/h3-10,16H,1-2H3. The van der Waals surface area contributed by atoms with Crippen LogP contribution in [0.15, 0.2) is 40.2 Å². The van der Waals surface area contributed by atoms with Gasteiger partial charge in [0.1, 0.15) is 0 Å². The second kappa shape index (κ2) is 6.47. The maximum Gasteiger partial charge on any atom is 0.269 e. The van der Waals surface area contributed by atoms with E-state index in [1.807, 2.05) is 24.4 Å². The van der Waals surface area contributed by atoms with Gasteiger partial charge in [0, 0.05) is 33.6 Å². The monoisotopic (exact) mass is 354 g/mol. The fraction of sp³-hybridized carbons (Fsp3) is 0.286. The van der Waals surface area contributed by atoms with Crippen molar-refractivity contribution in [3.05, 3.63) is 60.7 Å². The molecule has 0 saturated carbocycles. The first-order valence-corrected chi connectivity index (χ1v) is 7.89. The first kappa shape index (κ1) is 15.2. The van der Waals surface area contributed by atoms with Crippen molar-refractivity contribution in [1.82, 2.24) is 5.32 Å². The molecule has 0 aliphatic heterocycles. The van der Waals surface area contributed by atoms with Crippen LogP contribution in [0.2, 0.25) is 0 Å². The molecule has 1 aromatic heterocycles. The number of thiophene rings is 1. The molecule has 0 saturated heterocycles. The van der Waals surface area contributed by atoms with Crippen molar-refractivity contribution < 1.29 is 4.92 Å². The summed E-state index contributed by atoms with van der Waals surface area (Å²) in [4.78, 5) is 11.7. The normalized spacial score (nSPS) is 13.9. The van der Waals surface area contributed by atoms with Crippen LogP contribution < -0.4 is 5.32 Å². The van der Waals surface area contributed by atoms with Crippen molar-refractivity contribution in [2.24, 2.45) is 0 Å². The van der Waals surface area contributed by atoms with Crippen molar-refractivity contribution in [3.63, 3.8) is 0 Å². The van der Waals surface area contributed by atoms with E-state index in [0.29, 0.717) is 0 Å². The summed E-state index contributed by atoms with van der Waals surface area (Å²) < 4.78 is 1.09. The Morgan fingerprint density at radius 1 is 1.30 bits per heavy atom. The van der Waals surface area contributed by atoms with Gasteiger partial charge in [0.15, 0.2) is 0 Å². The van der Waals surface area contributed by atoms with Crippen LogP contribution in [0.5, 0.6) is 0 Å². The smallest absolute Gasteiger partial charge is 0.269 e. The van der Waals surface area contributed by atoms with Crippen LogP contribution >= 0.6 is 27.3 Å². The Bertz CT molecular complexity index is 615. The number of nitro groups is 1. The lowest BCUT2D eigenvalue weighted by Gasteiger charge is -2.20. The van der Waals surface area contributed by atoms with Crippen molar-refractivity contribution in [2.75, 3.05) is 0 Å². The third kappa shape index (κ3) is 3.45. The first-order chi connectivity index (χ1) is 9.49. The number of non-ortho nitro benzene ring substituents is 1. The minimum absolute atomic E-state index is 0.0406. The molecule has 2 unspecified atom stereocenters. The Balaban J connectivity index is 2.12. The zero-order chi connectivity index (χ0) is 14.7. The van der Waals surface area contributed by atoms with Gasteiger partial charge < -0.3 is 5.32 Å². The van der Waals surface area contributed by atoms with E-state index in [0.717, 1.165) is 10.0 Å². The summed E-state index contributed by atoms with van der Waals surface area (Å²) in [6, 6.07) is 9.00. The van der Waals surface area contributed by atoms with E-state index in [4.69, 9.17) is 0 Å². The van der Waals surface area contributed by atoms with Gasteiger partial charge in [-0.2, -0.15) is 0 Å². The topological polar surface area (TPSA) is 55.2 Å². The van der Waals surface area contributed by atoms with E-state index in [9.17, 15) is 10.1 Å². The minimum atomic E-state index is -0.366. The Morgan fingerprint density at radius 3 is 2.65 bits per heavy atom. The zero-order valence-corrected chi connectivity index (χ0v) is 13.6. The molecule has 2 rings (SSSR count). The number of rotatable bonds is 5. The van der Waals surface area contributed by atoms with Crippen molar-refractivity contribution in [3.8, 4) is 0 Å². The predicted molar refractivity (Wildman–Crippen MR) is 85.1 cm³/mol. The summed E-state index contributed by atoms with van der Waals surface area (Å²) in [6.45, 7) is 4.10. The number of hydrogen-bond acceptors (Lipinski definition) is 4. The summed E-state index contributed by atoms with van der Waals surface area (Å²) >= 11 is 5.21. The van der Waals surface area contributed by atoms with Gasteiger partial charge in [0.2, 0.25) is 0 Å². The Hall–Kier alpha value is -1.24. The largest absolute Gasteiger partial charge is 0.303 e. The van der Waals surface area contributed by atoms with Gasteiger partial charge in [-0.1, -0.05) is 12.1 Å². The van der Waals surface area contributed by atoms with E-state index >= 15 is 0 Å². The Labute approximate surface area is 130 Å². The molecule has 0 amide bonds. The number of halogens is 1. The fourth-order valence-electron chi connectivity index (χ4n) is 2.07. The molecular weight excluding hydrogens is 340 g/mol. The molecule has 0 radical (unpaired) electrons. The van der Waals surface area contributed by atoms with Crippen LogP contribution in [0.4, 0.5) is 5.69 Å². The van der Waals surface area contributed by atoms with Crippen molar-refractivity contribution in [2.45, 2.75) is 25.9 Å². The van der Waals surface area contributed by atoms with E-state index in [-0.39, 0.29) is 22.7 Å². The third-order valence-electron chi connectivity index (χ3n) is 3.12. The first-order valence-electron chi connectivity index (χ1n) is 6.22. The highest BCUT2D eigenvalue weighted by molar-refractivity contribution is 9.10. The SMILES string of the molecule is CC(NC(C)c1sccc1Br)c1cccc([N+](=O)[O-])c1. The van der Waals surface area contributed by atoms with Crippen LogP contribution in [-0.4, -0.2) is 4.92 Å². The Morgan fingerprint density at radius 2 is 2.05 bits per heavy atom. The molecule has 106 valence electrons. The van der Waals surface area contributed by atoms with E-state index in [2.05, 4.69) is 28.2 Å². The number of nitrogens with zero attached hydrogens (tertiary/aromatic N) is 1. The van der Waals surface area contributed by atoms with Crippen LogP contribution in [0.1, 0.15) is 36.4 Å². The van der Waals surface area contributed by atoms with Crippen molar-refractivity contribution in [1.29, 1.82) is 0 Å². The summed E-state index contributed by atoms with van der Waals surface area (Å²) in [6.07, 6.45) is 0. The molecule has 2 aromatic rings. The lowest BCUT2D eigenvalue weighted by molar-refractivity contribution is -0.384. The lowest BCUT2D eigenvalue weighted by Crippen LogP contribution is -2.22. The van der Waals surface area contributed by atoms with Crippen LogP contribution in [0.25, 0.3) is 0 Å². The number of nitro benzene ring substituents is 1. The molecule has 1 N–H and O–H groups in total. The van der Waals surface area contributed by atoms with Gasteiger partial charge in [-0.05, 0) is 46.8 Å². The van der Waals surface area contributed by atoms with E-state index in [1.54, 1.807) is 23.5 Å². The lowest BCUT2D eigenvalue weighted by atomic mass is 10.1. The summed E-state index contributed by atoms with van der Waals surface area (Å²) in [5.41, 5.74) is 1.04. The summed E-state index contributed by atoms with van der Waals surface area (Å²) in [7, 11) is 0. The van der Waals surface area contributed by atoms with Gasteiger partial charge in [-0.3, -0.25) is 10.1 Å². The predicted octanol–water partition coefficient (Wildman–Crippen LogP) is 4.83. The molecular formula is C14H15BrN2O2S. The molecule has 0 bridgehead atoms. The van der Waals surface area contributed by atoms with Gasteiger partial charge >= 0.3 is 0 Å². The summed E-state index contributed by atoms with van der Waals surface area (Å²) in [5, 5.41) is 16.3. The van der Waals surface area contributed by atoms with E-state index in [1.165, 1.54) is 10.9 Å². The molecule has 20 heavy (non-hydrogen) atoms. The summed E-state index contributed by atoms with van der Waals surface area (Å²) in [5.74, 6) is 0. The molecule has 0 spiro atoms. The average molecular weight is 355 g/mol. The number of hydrogen-bond donors (Lipinski definition) is 1. The molecule has 0 aliphatic rings. The van der Waals surface area contributed by atoms with E-state index < -0.39 is 0 Å². The van der Waals surface area contributed by atoms with Gasteiger partial charge in [0.05, 0.1) is 4.92 Å². The van der Waals surface area contributed by atoms with Gasteiger partial charge in [-0.15, -0.1) is 11.3 Å². The van der Waals surface area contributed by atoms with Crippen molar-refractivity contribution >= 4 is 33.0 Å². The fourth-order valence-corrected chi connectivity index (χ4v) is 3.80. The minimum Gasteiger partial charge on any atom is -0.303 e. The highest BCUT2D eigenvalue weighted by atomic mass is 79.9. The molecule has 4 nitrogen and oxygen atoms in total. The van der Waals surface area contributed by atoms with Crippen LogP contribution in [0.3, 0.4) is 0 Å². The molecule has 6 heteroatoms. The quantitative estimate of drug-likeness (QED) is 0.617. The highest BCUT2D eigenvalue weighted by Gasteiger charge is 2.16. The molecule has 0 aliphatic carbocycles. The van der Waals surface area contributed by atoms with Crippen LogP contribution in [0, 0.1) is 10.1 Å². The van der Waals surface area contributed by atoms with Gasteiger partial charge in [0.25, 0.3) is 5.69 Å². The second-order valence-electron chi connectivity index (χ2n) is 4.59.